The summed E-state index contributed by atoms with van der Waals surface area (Å²) in [4.78, 5) is 0. The predicted molar refractivity (Wildman–Crippen MR) is 89.8 cm³/mol. The molecule has 1 aromatic carbocycles. The van der Waals surface area contributed by atoms with Gasteiger partial charge in [0.2, 0.25) is 10.6 Å². The Morgan fingerprint density at radius 1 is 1.21 bits per heavy atom. The number of H-pyrrole nitrogens is 2. The van der Waals surface area contributed by atoms with Crippen LogP contribution in [0.5, 0.6) is 11.5 Å². The van der Waals surface area contributed by atoms with Crippen molar-refractivity contribution in [3.8, 4) is 23.0 Å². The summed E-state index contributed by atoms with van der Waals surface area (Å²) in [6.07, 6.45) is 4.48. The summed E-state index contributed by atoms with van der Waals surface area (Å²) in [5, 5.41) is 37.8. The summed E-state index contributed by atoms with van der Waals surface area (Å²) in [5.41, 5.74) is 3.47. The van der Waals surface area contributed by atoms with Gasteiger partial charge < -0.3 is 10.2 Å². The molecule has 0 unspecified atom stereocenters. The summed E-state index contributed by atoms with van der Waals surface area (Å²) in [6.45, 7) is 0. The van der Waals surface area contributed by atoms with Crippen LogP contribution in [-0.2, 0) is 12.8 Å². The first-order valence-electron chi connectivity index (χ1n) is 7.43. The van der Waals surface area contributed by atoms with Gasteiger partial charge in [-0.25, -0.2) is 5.10 Å². The van der Waals surface area contributed by atoms with Gasteiger partial charge in [-0.3, -0.25) is 5.10 Å². The largest absolute Gasteiger partial charge is 0.508 e. The second kappa shape index (κ2) is 5.60. The van der Waals surface area contributed by atoms with Crippen LogP contribution in [0.3, 0.4) is 0 Å². The molecular weight excluding hydrogens is 328 g/mol. The number of fused-ring (bicyclic) bond motifs is 1. The van der Waals surface area contributed by atoms with Gasteiger partial charge in [-0.05, 0) is 43.6 Å². The van der Waals surface area contributed by atoms with E-state index in [1.54, 1.807) is 6.07 Å². The molecule has 0 amide bonds. The number of aromatic hydroxyl groups is 2. The molecule has 0 fully saturated rings. The average molecular weight is 342 g/mol. The summed E-state index contributed by atoms with van der Waals surface area (Å²) in [7, 11) is 0. The number of hydrogen-bond donors (Lipinski definition) is 4. The van der Waals surface area contributed by atoms with E-state index in [4.69, 9.17) is 12.2 Å². The number of nitrogens with one attached hydrogen (secondary N) is 2. The lowest BCUT2D eigenvalue weighted by Gasteiger charge is -2.01. The fraction of sp³-hybridized carbons (Fsp3) is 0.200. The Morgan fingerprint density at radius 2 is 2.08 bits per heavy atom. The average Bonchev–Trinajstić information content (AvgIpc) is 3.23. The number of phenolic OH excluding ortho intramolecular Hbond substituents is 2. The maximum absolute atomic E-state index is 9.84. The Balaban J connectivity index is 1.75. The maximum Gasteiger partial charge on any atom is 0.216 e. The van der Waals surface area contributed by atoms with Crippen molar-refractivity contribution in [2.45, 2.75) is 19.3 Å². The maximum atomic E-state index is 9.84. The summed E-state index contributed by atoms with van der Waals surface area (Å²) < 4.78 is 1.80. The first-order chi connectivity index (χ1) is 11.6. The van der Waals surface area contributed by atoms with Crippen molar-refractivity contribution in [3.63, 3.8) is 0 Å². The number of aromatic nitrogens is 5. The normalized spacial score (nSPS) is 13.7. The molecule has 0 atom stereocenters. The zero-order chi connectivity index (χ0) is 16.7. The molecule has 4 N–H and O–H groups in total. The Morgan fingerprint density at radius 3 is 2.92 bits per heavy atom. The fourth-order valence-electron chi connectivity index (χ4n) is 2.82. The third-order valence-corrected chi connectivity index (χ3v) is 4.26. The number of hydrogen-bond acceptors (Lipinski definition) is 6. The van der Waals surface area contributed by atoms with Gasteiger partial charge in [0, 0.05) is 22.9 Å². The molecule has 0 spiro atoms. The first-order valence-corrected chi connectivity index (χ1v) is 7.84. The Labute approximate surface area is 141 Å². The standard InChI is InChI=1S/C15H14N6O2S/c22-9-5-4-8(12(23)6-9)7-16-21-14(19-20-15(21)24)13-10-2-1-3-11(10)17-18-13/h4-7,22-23H,1-3H2,(H,17,18)(H,20,24)/b16-7-. The molecule has 0 saturated carbocycles. The number of benzene rings is 1. The number of aryl methyl sites for hydroxylation is 1. The lowest BCUT2D eigenvalue weighted by atomic mass is 10.2. The summed E-state index contributed by atoms with van der Waals surface area (Å²) >= 11 is 5.23. The van der Waals surface area contributed by atoms with E-state index in [9.17, 15) is 10.2 Å². The van der Waals surface area contributed by atoms with Crippen molar-refractivity contribution >= 4 is 18.4 Å². The number of aromatic amines is 2. The molecule has 1 aliphatic rings. The zero-order valence-electron chi connectivity index (χ0n) is 12.5. The van der Waals surface area contributed by atoms with Crippen molar-refractivity contribution in [3.05, 3.63) is 39.8 Å². The monoisotopic (exact) mass is 342 g/mol. The molecule has 9 heteroatoms. The molecule has 2 aromatic heterocycles. The van der Waals surface area contributed by atoms with Crippen LogP contribution in [0.25, 0.3) is 11.5 Å². The molecule has 0 radical (unpaired) electrons. The van der Waals surface area contributed by atoms with Crippen LogP contribution in [0, 0.1) is 4.77 Å². The highest BCUT2D eigenvalue weighted by Gasteiger charge is 2.23. The van der Waals surface area contributed by atoms with Gasteiger partial charge in [-0.1, -0.05) is 0 Å². The number of rotatable bonds is 3. The highest BCUT2D eigenvalue weighted by molar-refractivity contribution is 7.71. The van der Waals surface area contributed by atoms with E-state index in [0.717, 1.165) is 36.2 Å². The van der Waals surface area contributed by atoms with Gasteiger partial charge in [0.1, 0.15) is 17.2 Å². The van der Waals surface area contributed by atoms with Crippen molar-refractivity contribution in [1.29, 1.82) is 0 Å². The molecular formula is C15H14N6O2S. The third kappa shape index (κ3) is 2.38. The molecule has 2 heterocycles. The van der Waals surface area contributed by atoms with Crippen LogP contribution >= 0.6 is 12.2 Å². The van der Waals surface area contributed by atoms with Gasteiger partial charge in [0.05, 0.1) is 6.21 Å². The molecule has 3 aromatic rings. The van der Waals surface area contributed by atoms with E-state index in [2.05, 4.69) is 25.5 Å². The molecule has 1 aliphatic carbocycles. The summed E-state index contributed by atoms with van der Waals surface area (Å²) in [5.74, 6) is 0.433. The van der Waals surface area contributed by atoms with Gasteiger partial charge in [-0.2, -0.15) is 20.0 Å². The van der Waals surface area contributed by atoms with Gasteiger partial charge in [-0.15, -0.1) is 0 Å². The van der Waals surface area contributed by atoms with Gasteiger partial charge >= 0.3 is 0 Å². The topological polar surface area (TPSA) is 115 Å². The zero-order valence-corrected chi connectivity index (χ0v) is 13.3. The Bertz CT molecular complexity index is 1000. The van der Waals surface area contributed by atoms with Crippen molar-refractivity contribution in [2.24, 2.45) is 5.10 Å². The molecule has 24 heavy (non-hydrogen) atoms. The summed E-state index contributed by atoms with van der Waals surface area (Å²) in [6, 6.07) is 4.28. The second-order valence-electron chi connectivity index (χ2n) is 5.53. The Hall–Kier alpha value is -2.94. The second-order valence-corrected chi connectivity index (χ2v) is 5.92. The van der Waals surface area contributed by atoms with Gasteiger partial charge in [0.15, 0.2) is 0 Å². The van der Waals surface area contributed by atoms with Crippen molar-refractivity contribution < 1.29 is 10.2 Å². The predicted octanol–water partition coefficient (Wildman–Crippen LogP) is 2.11. The molecule has 8 nitrogen and oxygen atoms in total. The highest BCUT2D eigenvalue weighted by Crippen LogP contribution is 2.29. The lowest BCUT2D eigenvalue weighted by Crippen LogP contribution is -1.97. The van der Waals surface area contributed by atoms with E-state index < -0.39 is 0 Å². The van der Waals surface area contributed by atoms with E-state index in [1.807, 2.05) is 0 Å². The van der Waals surface area contributed by atoms with E-state index in [-0.39, 0.29) is 11.5 Å². The van der Waals surface area contributed by atoms with Gasteiger partial charge in [0.25, 0.3) is 0 Å². The molecule has 0 aliphatic heterocycles. The molecule has 4 rings (SSSR count). The van der Waals surface area contributed by atoms with Crippen LogP contribution in [0.4, 0.5) is 0 Å². The Kier molecular flexibility index (Phi) is 3.42. The van der Waals surface area contributed by atoms with Crippen LogP contribution in [-0.4, -0.2) is 41.5 Å². The minimum Gasteiger partial charge on any atom is -0.508 e. The van der Waals surface area contributed by atoms with Crippen molar-refractivity contribution in [2.75, 3.05) is 0 Å². The van der Waals surface area contributed by atoms with E-state index in [0.29, 0.717) is 16.2 Å². The minimum atomic E-state index is -0.0732. The van der Waals surface area contributed by atoms with Crippen LogP contribution < -0.4 is 0 Å². The number of nitrogens with zero attached hydrogens (tertiary/aromatic N) is 4. The minimum absolute atomic E-state index is 0.0163. The SMILES string of the molecule is Oc1ccc(/C=N\n2c(-c3n[nH]c4c3CCC4)n[nH]c2=S)c(O)c1. The molecule has 122 valence electrons. The van der Waals surface area contributed by atoms with Crippen LogP contribution in [0.15, 0.2) is 23.3 Å². The van der Waals surface area contributed by atoms with Crippen LogP contribution in [0.1, 0.15) is 23.2 Å². The highest BCUT2D eigenvalue weighted by atomic mass is 32.1. The molecule has 0 saturated heterocycles. The molecule has 0 bridgehead atoms. The lowest BCUT2D eigenvalue weighted by molar-refractivity contribution is 0.450. The third-order valence-electron chi connectivity index (χ3n) is 3.99. The van der Waals surface area contributed by atoms with Crippen LogP contribution in [0.2, 0.25) is 0 Å². The van der Waals surface area contributed by atoms with E-state index >= 15 is 0 Å². The fourth-order valence-corrected chi connectivity index (χ4v) is 3.00. The van der Waals surface area contributed by atoms with E-state index in [1.165, 1.54) is 23.0 Å². The number of phenols is 2. The smallest absolute Gasteiger partial charge is 0.216 e. The quantitative estimate of drug-likeness (QED) is 0.430. The van der Waals surface area contributed by atoms with Crippen molar-refractivity contribution in [1.82, 2.24) is 25.1 Å². The first kappa shape index (κ1) is 14.6.